The predicted octanol–water partition coefficient (Wildman–Crippen LogP) is 1.48. The van der Waals surface area contributed by atoms with Crippen molar-refractivity contribution in [3.63, 3.8) is 0 Å². The van der Waals surface area contributed by atoms with Gasteiger partial charge in [0, 0.05) is 32.5 Å². The van der Waals surface area contributed by atoms with E-state index < -0.39 is 0 Å². The normalized spacial score (nSPS) is 22.1. The fourth-order valence-electron chi connectivity index (χ4n) is 2.86. The van der Waals surface area contributed by atoms with E-state index in [0.29, 0.717) is 0 Å². The molecule has 2 aromatic heterocycles. The molecule has 0 radical (unpaired) electrons. The van der Waals surface area contributed by atoms with E-state index >= 15 is 0 Å². The number of rotatable bonds is 5. The predicted molar refractivity (Wildman–Crippen MR) is 80.5 cm³/mol. The summed E-state index contributed by atoms with van der Waals surface area (Å²) in [6.07, 6.45) is 2.84. The van der Waals surface area contributed by atoms with Crippen LogP contribution in [-0.4, -0.2) is 51.9 Å². The minimum atomic E-state index is 0.142. The first-order valence-corrected chi connectivity index (χ1v) is 7.34. The van der Waals surface area contributed by atoms with E-state index in [2.05, 4.69) is 25.1 Å². The average Bonchev–Trinajstić information content (AvgIpc) is 3.13. The molecule has 1 fully saturated rings. The van der Waals surface area contributed by atoms with Crippen LogP contribution in [0.1, 0.15) is 29.8 Å². The lowest BCUT2D eigenvalue weighted by Crippen LogP contribution is -2.25. The van der Waals surface area contributed by atoms with Crippen LogP contribution in [0, 0.1) is 6.92 Å². The van der Waals surface area contributed by atoms with Crippen LogP contribution in [0.15, 0.2) is 18.3 Å². The number of nitrogens with one attached hydrogen (secondary N) is 1. The summed E-state index contributed by atoms with van der Waals surface area (Å²) in [7, 11) is 3.41. The highest BCUT2D eigenvalue weighted by Gasteiger charge is 2.35. The summed E-state index contributed by atoms with van der Waals surface area (Å²) in [4.78, 5) is 11.2. The summed E-state index contributed by atoms with van der Waals surface area (Å²) in [6.45, 7) is 3.47. The van der Waals surface area contributed by atoms with Crippen LogP contribution in [0.25, 0.3) is 0 Å². The van der Waals surface area contributed by atoms with Crippen molar-refractivity contribution >= 4 is 0 Å². The molecule has 0 unspecified atom stereocenters. The molecule has 0 bridgehead atoms. The third kappa shape index (κ3) is 3.10. The van der Waals surface area contributed by atoms with Crippen LogP contribution < -0.4 is 4.74 Å². The number of likely N-dealkylation sites (tertiary alicyclic amines) is 1. The summed E-state index contributed by atoms with van der Waals surface area (Å²) in [5.41, 5.74) is 0.966. The number of methoxy groups -OCH3 is 2. The van der Waals surface area contributed by atoms with E-state index in [1.54, 1.807) is 20.4 Å². The molecular formula is C15H21N5O2. The summed E-state index contributed by atoms with van der Waals surface area (Å²) in [6, 6.07) is 3.95. The van der Waals surface area contributed by atoms with Crippen LogP contribution in [0.3, 0.4) is 0 Å². The van der Waals surface area contributed by atoms with Crippen molar-refractivity contribution in [2.75, 3.05) is 20.8 Å². The van der Waals surface area contributed by atoms with Gasteiger partial charge in [-0.15, -0.1) is 0 Å². The molecule has 0 amide bonds. The molecule has 1 aliphatic rings. The fraction of sp³-hybridized carbons (Fsp3) is 0.533. The van der Waals surface area contributed by atoms with Gasteiger partial charge < -0.3 is 9.47 Å². The summed E-state index contributed by atoms with van der Waals surface area (Å²) in [5, 5.41) is 7.23. The number of H-pyrrole nitrogens is 1. The largest absolute Gasteiger partial charge is 0.497 e. The van der Waals surface area contributed by atoms with Crippen LogP contribution in [-0.2, 0) is 11.3 Å². The minimum absolute atomic E-state index is 0.142. The van der Waals surface area contributed by atoms with Crippen molar-refractivity contribution in [1.29, 1.82) is 0 Å². The van der Waals surface area contributed by atoms with Crippen molar-refractivity contribution in [2.45, 2.75) is 32.0 Å². The molecule has 1 aliphatic heterocycles. The topological polar surface area (TPSA) is 76.2 Å². The highest BCUT2D eigenvalue weighted by molar-refractivity contribution is 5.22. The molecule has 22 heavy (non-hydrogen) atoms. The van der Waals surface area contributed by atoms with Crippen molar-refractivity contribution < 1.29 is 9.47 Å². The van der Waals surface area contributed by atoms with Crippen LogP contribution in [0.2, 0.25) is 0 Å². The summed E-state index contributed by atoms with van der Waals surface area (Å²) in [5.74, 6) is 2.47. The van der Waals surface area contributed by atoms with E-state index in [1.807, 2.05) is 19.1 Å². The van der Waals surface area contributed by atoms with Gasteiger partial charge in [0.05, 0.1) is 24.9 Å². The number of nitrogens with zero attached hydrogens (tertiary/aromatic N) is 4. The number of aryl methyl sites for hydroxylation is 1. The number of pyridine rings is 1. The second kappa shape index (κ2) is 6.41. The minimum Gasteiger partial charge on any atom is -0.497 e. The number of aromatic amines is 1. The van der Waals surface area contributed by atoms with E-state index in [1.165, 1.54) is 0 Å². The molecule has 0 saturated carbocycles. The quantitative estimate of drug-likeness (QED) is 0.901. The summed E-state index contributed by atoms with van der Waals surface area (Å²) < 4.78 is 10.8. The Bertz CT molecular complexity index is 630. The molecule has 7 heteroatoms. The van der Waals surface area contributed by atoms with E-state index in [4.69, 9.17) is 9.47 Å². The van der Waals surface area contributed by atoms with Gasteiger partial charge in [0.1, 0.15) is 11.6 Å². The van der Waals surface area contributed by atoms with Gasteiger partial charge in [0.15, 0.2) is 5.82 Å². The van der Waals surface area contributed by atoms with E-state index in [0.717, 1.165) is 42.6 Å². The maximum Gasteiger partial charge on any atom is 0.167 e. The Hall–Kier alpha value is -1.99. The number of aromatic nitrogens is 4. The zero-order valence-electron chi connectivity index (χ0n) is 13.1. The maximum absolute atomic E-state index is 5.53. The molecule has 2 atom stereocenters. The molecule has 0 spiro atoms. The van der Waals surface area contributed by atoms with Crippen molar-refractivity contribution in [2.24, 2.45) is 0 Å². The Kier molecular flexibility index (Phi) is 4.35. The fourth-order valence-corrected chi connectivity index (χ4v) is 2.86. The van der Waals surface area contributed by atoms with Crippen LogP contribution >= 0.6 is 0 Å². The second-order valence-electron chi connectivity index (χ2n) is 5.50. The highest BCUT2D eigenvalue weighted by Crippen LogP contribution is 2.32. The number of hydrogen-bond donors (Lipinski definition) is 1. The van der Waals surface area contributed by atoms with Crippen LogP contribution in [0.4, 0.5) is 0 Å². The Morgan fingerprint density at radius 2 is 2.27 bits per heavy atom. The highest BCUT2D eigenvalue weighted by atomic mass is 16.5. The van der Waals surface area contributed by atoms with Gasteiger partial charge in [0.25, 0.3) is 0 Å². The molecule has 1 N–H and O–H groups in total. The monoisotopic (exact) mass is 303 g/mol. The SMILES string of the molecule is COc1ccnc(CN2C[C@H](OC)C[C@H]2c2n[nH]c(C)n2)c1. The van der Waals surface area contributed by atoms with Crippen LogP contribution in [0.5, 0.6) is 5.75 Å². The summed E-state index contributed by atoms with van der Waals surface area (Å²) >= 11 is 0. The molecule has 0 aromatic carbocycles. The molecule has 1 saturated heterocycles. The standard InChI is InChI=1S/C15H21N5O2/c1-10-17-15(19-18-10)14-7-13(22-3)9-20(14)8-11-6-12(21-2)4-5-16-11/h4-6,13-14H,7-9H2,1-3H3,(H,17,18,19)/t13-,14+/m1/s1. The van der Waals surface area contributed by atoms with Gasteiger partial charge in [-0.2, -0.15) is 5.10 Å². The van der Waals surface area contributed by atoms with E-state index in [9.17, 15) is 0 Å². The van der Waals surface area contributed by atoms with Gasteiger partial charge in [-0.25, -0.2) is 4.98 Å². The van der Waals surface area contributed by atoms with Crippen molar-refractivity contribution in [3.8, 4) is 5.75 Å². The molecule has 2 aromatic rings. The number of ether oxygens (including phenoxy) is 2. The lowest BCUT2D eigenvalue weighted by molar-refractivity contribution is 0.107. The average molecular weight is 303 g/mol. The second-order valence-corrected chi connectivity index (χ2v) is 5.50. The Morgan fingerprint density at radius 3 is 2.95 bits per heavy atom. The zero-order valence-corrected chi connectivity index (χ0v) is 13.1. The Balaban J connectivity index is 1.79. The maximum atomic E-state index is 5.53. The van der Waals surface area contributed by atoms with Gasteiger partial charge in [-0.1, -0.05) is 0 Å². The smallest absolute Gasteiger partial charge is 0.167 e. The third-order valence-electron chi connectivity index (χ3n) is 4.00. The molecule has 118 valence electrons. The zero-order chi connectivity index (χ0) is 15.5. The van der Waals surface area contributed by atoms with Gasteiger partial charge in [0.2, 0.25) is 0 Å². The first-order valence-electron chi connectivity index (χ1n) is 7.34. The van der Waals surface area contributed by atoms with Crippen molar-refractivity contribution in [3.05, 3.63) is 35.7 Å². The van der Waals surface area contributed by atoms with E-state index in [-0.39, 0.29) is 12.1 Å². The Labute approximate surface area is 129 Å². The van der Waals surface area contributed by atoms with Gasteiger partial charge in [-0.3, -0.25) is 15.0 Å². The lowest BCUT2D eigenvalue weighted by Gasteiger charge is -2.21. The molecule has 7 nitrogen and oxygen atoms in total. The third-order valence-corrected chi connectivity index (χ3v) is 4.00. The lowest BCUT2D eigenvalue weighted by atomic mass is 10.2. The van der Waals surface area contributed by atoms with Gasteiger partial charge in [-0.05, 0) is 19.4 Å². The van der Waals surface area contributed by atoms with Gasteiger partial charge >= 0.3 is 0 Å². The molecule has 0 aliphatic carbocycles. The Morgan fingerprint density at radius 1 is 1.41 bits per heavy atom. The molecular weight excluding hydrogens is 282 g/mol. The first kappa shape index (κ1) is 14.9. The van der Waals surface area contributed by atoms with Crippen molar-refractivity contribution in [1.82, 2.24) is 25.1 Å². The molecule has 3 rings (SSSR count). The first-order chi connectivity index (χ1) is 10.7. The molecule has 3 heterocycles. The number of hydrogen-bond acceptors (Lipinski definition) is 6.